The van der Waals surface area contributed by atoms with Crippen molar-refractivity contribution in [1.82, 2.24) is 58.6 Å². The first kappa shape index (κ1) is 54.5. The van der Waals surface area contributed by atoms with Crippen LogP contribution in [0.4, 0.5) is 52.7 Å². The number of hydrogen-bond acceptors (Lipinski definition) is 10. The van der Waals surface area contributed by atoms with Crippen LogP contribution < -0.4 is 9.47 Å². The minimum Gasteiger partial charge on any atom is -0.467 e. The molecule has 14 nitrogen and oxygen atoms in total. The zero-order valence-corrected chi connectivity index (χ0v) is 41.1. The molecule has 2 aromatic carbocycles. The smallest absolute Gasteiger partial charge is 0.422 e. The number of nitrogens with zero attached hydrogens (tertiary/aromatic N) is 12. The third-order valence-electron chi connectivity index (χ3n) is 12.3. The topological polar surface area (TPSA) is 141 Å². The van der Waals surface area contributed by atoms with Crippen molar-refractivity contribution in [3.63, 3.8) is 0 Å². The van der Waals surface area contributed by atoms with Crippen LogP contribution in [0.5, 0.6) is 11.8 Å². The summed E-state index contributed by atoms with van der Waals surface area (Å²) in [6.45, 7) is 1.44. The molecule has 8 aromatic rings. The van der Waals surface area contributed by atoms with Gasteiger partial charge in [0.05, 0.1) is 46.6 Å². The van der Waals surface area contributed by atoms with E-state index in [1.54, 1.807) is 72.0 Å². The van der Waals surface area contributed by atoms with Gasteiger partial charge in [-0.2, -0.15) is 62.9 Å². The van der Waals surface area contributed by atoms with Crippen molar-refractivity contribution in [1.29, 1.82) is 0 Å². The number of hydrogen-bond donors (Lipinski definition) is 0. The van der Waals surface area contributed by atoms with E-state index in [0.717, 1.165) is 12.1 Å². The highest BCUT2D eigenvalue weighted by atomic mass is 19.4. The lowest BCUT2D eigenvalue weighted by Gasteiger charge is -2.25. The highest BCUT2D eigenvalue weighted by Gasteiger charge is 2.39. The molecular formula is C52H44F12N12O2. The minimum atomic E-state index is -4.56. The van der Waals surface area contributed by atoms with Crippen molar-refractivity contribution in [2.75, 3.05) is 13.2 Å². The molecule has 0 saturated carbocycles. The van der Waals surface area contributed by atoms with Crippen molar-refractivity contribution in [2.24, 2.45) is 0 Å². The van der Waals surface area contributed by atoms with Crippen LogP contribution in [-0.2, 0) is 25.4 Å². The Morgan fingerprint density at radius 3 is 1.27 bits per heavy atom. The van der Waals surface area contributed by atoms with E-state index in [4.69, 9.17) is 9.47 Å². The summed E-state index contributed by atoms with van der Waals surface area (Å²) in [5.41, 5.74) is 1.31. The Hall–Kier alpha value is -8.32. The Morgan fingerprint density at radius 2 is 0.910 bits per heavy atom. The molecule has 2 aliphatic heterocycles. The summed E-state index contributed by atoms with van der Waals surface area (Å²) in [6, 6.07) is 17.2. The van der Waals surface area contributed by atoms with Gasteiger partial charge in [-0.1, -0.05) is 36.4 Å². The second kappa shape index (κ2) is 22.0. The van der Waals surface area contributed by atoms with Gasteiger partial charge in [0, 0.05) is 37.3 Å². The molecule has 2 aliphatic rings. The highest BCUT2D eigenvalue weighted by molar-refractivity contribution is 5.67. The van der Waals surface area contributed by atoms with Crippen molar-refractivity contribution >= 4 is 24.3 Å². The lowest BCUT2D eigenvalue weighted by Crippen LogP contribution is -2.21. The standard InChI is InChI=1S/2C26H22F6N6O/c2*1-16-13-37(15-33-16)21-10-8-17(34-24(21)39-14-25(27,28)29)9-11-22-35-23-19(6-4-12-38(23)36-22)18-5-2-3-7-20(18)26(30,31)32/h2*2-3,5,7-11,13,15,19H,4,6,12,14H2,1H3/b2*11-9+/t2*19-/m10/s1. The fraction of sp³-hybridized carbons (Fsp3) is 0.308. The summed E-state index contributed by atoms with van der Waals surface area (Å²) in [7, 11) is 0. The molecule has 6 aromatic heterocycles. The molecule has 0 unspecified atom stereocenters. The third-order valence-corrected chi connectivity index (χ3v) is 12.3. The van der Waals surface area contributed by atoms with Gasteiger partial charge in [-0.15, -0.1) is 0 Å². The van der Waals surface area contributed by atoms with E-state index in [1.165, 1.54) is 70.4 Å². The molecule has 26 heteroatoms. The molecule has 0 saturated heterocycles. The lowest BCUT2D eigenvalue weighted by atomic mass is 9.88. The number of halogens is 12. The summed E-state index contributed by atoms with van der Waals surface area (Å²) < 4.78 is 175. The molecule has 0 spiro atoms. The number of aromatic nitrogens is 12. The Labute approximate surface area is 435 Å². The van der Waals surface area contributed by atoms with Gasteiger partial charge < -0.3 is 18.6 Å². The van der Waals surface area contributed by atoms with Gasteiger partial charge >= 0.3 is 24.7 Å². The van der Waals surface area contributed by atoms with Gasteiger partial charge in [0.2, 0.25) is 11.8 Å². The maximum Gasteiger partial charge on any atom is 0.422 e. The van der Waals surface area contributed by atoms with Crippen LogP contribution in [0.2, 0.25) is 0 Å². The van der Waals surface area contributed by atoms with E-state index in [9.17, 15) is 52.7 Å². The van der Waals surface area contributed by atoms with Crippen molar-refractivity contribution in [3.8, 4) is 23.1 Å². The molecule has 78 heavy (non-hydrogen) atoms. The number of rotatable bonds is 12. The summed E-state index contributed by atoms with van der Waals surface area (Å²) in [5.74, 6) is -0.309. The first-order valence-electron chi connectivity index (χ1n) is 24.0. The minimum absolute atomic E-state index is 0.146. The molecule has 0 N–H and O–H groups in total. The fourth-order valence-corrected chi connectivity index (χ4v) is 9.00. The van der Waals surface area contributed by atoms with Crippen LogP contribution in [0.1, 0.15) is 106 Å². The van der Waals surface area contributed by atoms with E-state index in [2.05, 4.69) is 40.1 Å². The maximum absolute atomic E-state index is 13.6. The van der Waals surface area contributed by atoms with Gasteiger partial charge in [0.15, 0.2) is 24.9 Å². The van der Waals surface area contributed by atoms with E-state index in [-0.39, 0.29) is 57.3 Å². The number of fused-ring (bicyclic) bond motifs is 2. The maximum atomic E-state index is 13.6. The van der Waals surface area contributed by atoms with E-state index >= 15 is 0 Å². The predicted molar refractivity (Wildman–Crippen MR) is 258 cm³/mol. The fourth-order valence-electron chi connectivity index (χ4n) is 9.00. The Bertz CT molecular complexity index is 3230. The largest absolute Gasteiger partial charge is 0.467 e. The number of imidazole rings is 2. The summed E-state index contributed by atoms with van der Waals surface area (Å²) >= 11 is 0. The van der Waals surface area contributed by atoms with Crippen LogP contribution in [0.15, 0.2) is 97.8 Å². The zero-order chi connectivity index (χ0) is 55.6. The molecule has 8 heterocycles. The molecule has 10 rings (SSSR count). The zero-order valence-electron chi connectivity index (χ0n) is 41.1. The van der Waals surface area contributed by atoms with E-state index < -0.39 is 60.9 Å². The summed E-state index contributed by atoms with van der Waals surface area (Å²) in [4.78, 5) is 25.6. The number of aryl methyl sites for hydroxylation is 4. The van der Waals surface area contributed by atoms with Crippen LogP contribution in [0, 0.1) is 13.8 Å². The second-order valence-electron chi connectivity index (χ2n) is 18.1. The molecule has 0 bridgehead atoms. The van der Waals surface area contributed by atoms with Gasteiger partial charge in [0.25, 0.3) is 0 Å². The van der Waals surface area contributed by atoms with Gasteiger partial charge in [-0.25, -0.2) is 39.3 Å². The number of alkyl halides is 12. The number of benzene rings is 2. The lowest BCUT2D eigenvalue weighted by molar-refractivity contribution is -0.154. The summed E-state index contributed by atoms with van der Waals surface area (Å²) in [6.07, 6.45) is -3.72. The predicted octanol–water partition coefficient (Wildman–Crippen LogP) is 12.4. The molecule has 0 aliphatic carbocycles. The van der Waals surface area contributed by atoms with Crippen LogP contribution in [0.3, 0.4) is 0 Å². The summed E-state index contributed by atoms with van der Waals surface area (Å²) in [5, 5.41) is 8.82. The Morgan fingerprint density at radius 1 is 0.513 bits per heavy atom. The monoisotopic (exact) mass is 1100 g/mol. The van der Waals surface area contributed by atoms with Crippen LogP contribution in [-0.4, -0.2) is 84.2 Å². The van der Waals surface area contributed by atoms with Crippen LogP contribution >= 0.6 is 0 Å². The molecule has 0 fully saturated rings. The van der Waals surface area contributed by atoms with Crippen molar-refractivity contribution in [3.05, 3.63) is 166 Å². The van der Waals surface area contributed by atoms with Crippen molar-refractivity contribution in [2.45, 2.75) is 89.2 Å². The molecule has 2 atom stereocenters. The normalized spacial score (nSPS) is 16.0. The average Bonchev–Trinajstić information content (AvgIpc) is 4.27. The van der Waals surface area contributed by atoms with Crippen molar-refractivity contribution < 1.29 is 62.2 Å². The van der Waals surface area contributed by atoms with Gasteiger partial charge in [0.1, 0.15) is 23.0 Å². The van der Waals surface area contributed by atoms with E-state index in [1.807, 2.05) is 0 Å². The number of pyridine rings is 2. The molecular weight excluding hydrogens is 1050 g/mol. The molecule has 408 valence electrons. The van der Waals surface area contributed by atoms with Gasteiger partial charge in [-0.05, 0) is 111 Å². The average molecular weight is 1100 g/mol. The second-order valence-corrected chi connectivity index (χ2v) is 18.1. The SMILES string of the molecule is Cc1cn(-c2ccc(/C=C/c3nc4n(n3)CCC[C@@H]4c3ccccc3C(F)(F)F)nc2OCC(F)(F)F)cn1.Cc1cn(-c2ccc(/C=C/c3nc4n(n3)CCC[C@H]4c3ccccc3C(F)(F)F)nc2OCC(F)(F)F)cn1. The first-order chi connectivity index (χ1) is 37.0. The quantitative estimate of drug-likeness (QED) is 0.109. The first-order valence-corrected chi connectivity index (χ1v) is 24.0. The number of ether oxygens (including phenoxy) is 2. The Balaban J connectivity index is 0.000000190. The molecule has 0 radical (unpaired) electrons. The third kappa shape index (κ3) is 13.1. The molecule has 0 amide bonds. The highest BCUT2D eigenvalue weighted by Crippen LogP contribution is 2.42. The van der Waals surface area contributed by atoms with E-state index in [0.29, 0.717) is 61.8 Å². The van der Waals surface area contributed by atoms with Crippen LogP contribution in [0.25, 0.3) is 35.7 Å². The Kier molecular flexibility index (Phi) is 15.3. The van der Waals surface area contributed by atoms with Gasteiger partial charge in [-0.3, -0.25) is 0 Å².